The Bertz CT molecular complexity index is 172. The minimum absolute atomic E-state index is 0.104. The van der Waals surface area contributed by atoms with Gasteiger partial charge in [0.15, 0.2) is 0 Å². The summed E-state index contributed by atoms with van der Waals surface area (Å²) in [5, 5.41) is 7.16. The summed E-state index contributed by atoms with van der Waals surface area (Å²) >= 11 is 0. The Hall–Kier alpha value is -0.860. The molecule has 3 heteroatoms. The molecular weight excluding hydrogens is 128 g/mol. The second kappa shape index (κ2) is 2.40. The first-order valence-electron chi connectivity index (χ1n) is 3.45. The van der Waals surface area contributed by atoms with E-state index in [0.29, 0.717) is 5.84 Å². The molecule has 1 amide bonds. The molecule has 0 aromatic rings. The van der Waals surface area contributed by atoms with E-state index in [1.165, 1.54) is 4.90 Å². The number of hydrogen-bond acceptors (Lipinski definition) is 2. The van der Waals surface area contributed by atoms with Crippen molar-refractivity contribution in [2.45, 2.75) is 19.8 Å². The number of amidine groups is 1. The topological polar surface area (TPSA) is 44.2 Å². The van der Waals surface area contributed by atoms with E-state index in [4.69, 9.17) is 5.41 Å². The van der Waals surface area contributed by atoms with E-state index in [9.17, 15) is 4.79 Å². The van der Waals surface area contributed by atoms with E-state index in [0.717, 1.165) is 12.8 Å². The molecular formula is C7H12N2O. The normalized spacial score (nSPS) is 16.6. The molecule has 0 aliphatic heterocycles. The molecule has 1 saturated carbocycles. The van der Waals surface area contributed by atoms with Crippen LogP contribution in [0.25, 0.3) is 0 Å². The molecule has 0 aromatic carbocycles. The van der Waals surface area contributed by atoms with Crippen molar-refractivity contribution >= 4 is 11.7 Å². The van der Waals surface area contributed by atoms with Gasteiger partial charge in [0.1, 0.15) is 0 Å². The minimum Gasteiger partial charge on any atom is -0.304 e. The van der Waals surface area contributed by atoms with Gasteiger partial charge in [0.05, 0.1) is 5.84 Å². The van der Waals surface area contributed by atoms with Gasteiger partial charge in [-0.25, -0.2) is 0 Å². The van der Waals surface area contributed by atoms with Gasteiger partial charge in [0, 0.05) is 13.0 Å². The van der Waals surface area contributed by atoms with Gasteiger partial charge < -0.3 is 4.90 Å². The van der Waals surface area contributed by atoms with E-state index in [1.807, 2.05) is 0 Å². The Kier molecular flexibility index (Phi) is 1.74. The van der Waals surface area contributed by atoms with E-state index in [1.54, 1.807) is 14.0 Å². The van der Waals surface area contributed by atoms with E-state index < -0.39 is 0 Å². The molecule has 0 atom stereocenters. The predicted molar refractivity (Wildman–Crippen MR) is 38.9 cm³/mol. The zero-order chi connectivity index (χ0) is 7.72. The van der Waals surface area contributed by atoms with Gasteiger partial charge >= 0.3 is 0 Å². The molecule has 10 heavy (non-hydrogen) atoms. The second-order valence-electron chi connectivity index (χ2n) is 2.76. The lowest BCUT2D eigenvalue weighted by molar-refractivity contribution is -0.127. The summed E-state index contributed by atoms with van der Waals surface area (Å²) in [6, 6.07) is 0. The molecule has 0 unspecified atom stereocenters. The molecule has 56 valence electrons. The van der Waals surface area contributed by atoms with Gasteiger partial charge in [-0.15, -0.1) is 0 Å². The quantitative estimate of drug-likeness (QED) is 0.426. The van der Waals surface area contributed by atoms with Crippen molar-refractivity contribution in [2.75, 3.05) is 7.05 Å². The zero-order valence-electron chi connectivity index (χ0n) is 6.35. The maximum absolute atomic E-state index is 11.1. The maximum atomic E-state index is 11.1. The van der Waals surface area contributed by atoms with Crippen LogP contribution in [0.2, 0.25) is 0 Å². The van der Waals surface area contributed by atoms with Crippen LogP contribution < -0.4 is 0 Å². The van der Waals surface area contributed by atoms with Crippen LogP contribution in [0.4, 0.5) is 0 Å². The molecule has 0 heterocycles. The third-order valence-electron chi connectivity index (χ3n) is 1.76. The van der Waals surface area contributed by atoms with Crippen LogP contribution in [-0.2, 0) is 4.79 Å². The van der Waals surface area contributed by atoms with Crippen LogP contribution in [0.5, 0.6) is 0 Å². The SMILES string of the molecule is CC(=N)N(C)C(=O)C1CC1. The number of rotatable bonds is 1. The molecule has 1 aliphatic carbocycles. The lowest BCUT2D eigenvalue weighted by atomic mass is 10.3. The van der Waals surface area contributed by atoms with Gasteiger partial charge in [-0.3, -0.25) is 10.2 Å². The first-order chi connectivity index (χ1) is 4.63. The fraction of sp³-hybridized carbons (Fsp3) is 0.714. The highest BCUT2D eigenvalue weighted by atomic mass is 16.2. The predicted octanol–water partition coefficient (Wildman–Crippen LogP) is 0.852. The Balaban J connectivity index is 2.46. The molecule has 3 nitrogen and oxygen atoms in total. The summed E-state index contributed by atoms with van der Waals surface area (Å²) in [4.78, 5) is 12.5. The number of carbonyl (C=O) groups excluding carboxylic acids is 1. The first-order valence-corrected chi connectivity index (χ1v) is 3.45. The monoisotopic (exact) mass is 140 g/mol. The largest absolute Gasteiger partial charge is 0.304 e. The Morgan fingerprint density at radius 3 is 2.40 bits per heavy atom. The average Bonchev–Trinajstić information content (AvgIpc) is 2.65. The lowest BCUT2D eigenvalue weighted by Crippen LogP contribution is -2.31. The Morgan fingerprint density at radius 2 is 2.10 bits per heavy atom. The van der Waals surface area contributed by atoms with Crippen molar-refractivity contribution in [3.8, 4) is 0 Å². The molecule has 1 N–H and O–H groups in total. The highest BCUT2D eigenvalue weighted by Gasteiger charge is 2.32. The van der Waals surface area contributed by atoms with E-state index >= 15 is 0 Å². The van der Waals surface area contributed by atoms with Crippen molar-refractivity contribution in [2.24, 2.45) is 5.92 Å². The van der Waals surface area contributed by atoms with Crippen molar-refractivity contribution in [1.82, 2.24) is 4.90 Å². The van der Waals surface area contributed by atoms with Gasteiger partial charge in [0.2, 0.25) is 5.91 Å². The molecule has 1 fully saturated rings. The van der Waals surface area contributed by atoms with Crippen LogP contribution in [0.3, 0.4) is 0 Å². The highest BCUT2D eigenvalue weighted by molar-refractivity contribution is 5.97. The number of carbonyl (C=O) groups is 1. The molecule has 0 spiro atoms. The number of hydrogen-bond donors (Lipinski definition) is 1. The third-order valence-corrected chi connectivity index (χ3v) is 1.76. The Labute approximate surface area is 60.5 Å². The molecule has 0 aromatic heterocycles. The molecule has 1 aliphatic rings. The summed E-state index contributed by atoms with van der Waals surface area (Å²) in [5.41, 5.74) is 0. The fourth-order valence-corrected chi connectivity index (χ4v) is 0.769. The summed E-state index contributed by atoms with van der Waals surface area (Å²) in [7, 11) is 1.66. The smallest absolute Gasteiger partial charge is 0.230 e. The van der Waals surface area contributed by atoms with Crippen molar-refractivity contribution < 1.29 is 4.79 Å². The first kappa shape index (κ1) is 7.25. The summed E-state index contributed by atoms with van der Waals surface area (Å²) in [6.45, 7) is 1.63. The van der Waals surface area contributed by atoms with Crippen LogP contribution in [0, 0.1) is 11.3 Å². The average molecular weight is 140 g/mol. The van der Waals surface area contributed by atoms with E-state index in [-0.39, 0.29) is 11.8 Å². The van der Waals surface area contributed by atoms with Gasteiger partial charge in [-0.1, -0.05) is 0 Å². The standard InChI is InChI=1S/C7H12N2O/c1-5(8)9(2)7(10)6-3-4-6/h6,8H,3-4H2,1-2H3. The zero-order valence-corrected chi connectivity index (χ0v) is 6.35. The highest BCUT2D eigenvalue weighted by Crippen LogP contribution is 2.30. The fourth-order valence-electron chi connectivity index (χ4n) is 0.769. The summed E-state index contributed by atoms with van der Waals surface area (Å²) < 4.78 is 0. The third kappa shape index (κ3) is 1.35. The van der Waals surface area contributed by atoms with Crippen molar-refractivity contribution in [3.05, 3.63) is 0 Å². The van der Waals surface area contributed by atoms with Crippen LogP contribution >= 0.6 is 0 Å². The van der Waals surface area contributed by atoms with Crippen LogP contribution in [0.15, 0.2) is 0 Å². The molecule has 1 rings (SSSR count). The van der Waals surface area contributed by atoms with Gasteiger partial charge in [-0.2, -0.15) is 0 Å². The molecule has 0 radical (unpaired) electrons. The van der Waals surface area contributed by atoms with Crippen LogP contribution in [0.1, 0.15) is 19.8 Å². The van der Waals surface area contributed by atoms with E-state index in [2.05, 4.69) is 0 Å². The number of amides is 1. The van der Waals surface area contributed by atoms with Crippen molar-refractivity contribution in [3.63, 3.8) is 0 Å². The molecule has 0 saturated heterocycles. The second-order valence-corrected chi connectivity index (χ2v) is 2.76. The number of nitrogens with one attached hydrogen (secondary N) is 1. The maximum Gasteiger partial charge on any atom is 0.230 e. The van der Waals surface area contributed by atoms with Gasteiger partial charge in [0.25, 0.3) is 0 Å². The summed E-state index contributed by atoms with van der Waals surface area (Å²) in [5.74, 6) is 0.662. The summed E-state index contributed by atoms with van der Waals surface area (Å²) in [6.07, 6.45) is 2.02. The molecule has 0 bridgehead atoms. The Morgan fingerprint density at radius 1 is 1.60 bits per heavy atom. The van der Waals surface area contributed by atoms with Crippen LogP contribution in [-0.4, -0.2) is 23.7 Å². The minimum atomic E-state index is 0.104. The number of nitrogens with zero attached hydrogens (tertiary/aromatic N) is 1. The lowest BCUT2D eigenvalue weighted by Gasteiger charge is -2.13. The van der Waals surface area contributed by atoms with Crippen molar-refractivity contribution in [1.29, 1.82) is 5.41 Å². The van der Waals surface area contributed by atoms with Gasteiger partial charge in [-0.05, 0) is 19.8 Å².